The van der Waals surface area contributed by atoms with Gasteiger partial charge in [0.2, 0.25) is 0 Å². The summed E-state index contributed by atoms with van der Waals surface area (Å²) in [5.74, 6) is 2.69. The van der Waals surface area contributed by atoms with E-state index in [0.717, 1.165) is 19.6 Å². The fourth-order valence-corrected chi connectivity index (χ4v) is 2.19. The molecule has 1 spiro atoms. The molecule has 2 nitrogen and oxygen atoms in total. The third-order valence-electron chi connectivity index (χ3n) is 3.31. The number of rotatable bonds is 2. The minimum Gasteiger partial charge on any atom is -0.375 e. The molecule has 0 unspecified atom stereocenters. The van der Waals surface area contributed by atoms with Crippen LogP contribution in [-0.4, -0.2) is 36.7 Å². The van der Waals surface area contributed by atoms with Gasteiger partial charge in [0.15, 0.2) is 0 Å². The zero-order valence-electron chi connectivity index (χ0n) is 8.09. The Bertz CT molecular complexity index is 205. The van der Waals surface area contributed by atoms with Crippen molar-refractivity contribution in [3.05, 3.63) is 0 Å². The van der Waals surface area contributed by atoms with Crippen LogP contribution in [0.3, 0.4) is 0 Å². The summed E-state index contributed by atoms with van der Waals surface area (Å²) in [5.41, 5.74) is 0.284. The van der Waals surface area contributed by atoms with E-state index in [-0.39, 0.29) is 5.60 Å². The molecule has 0 atom stereocenters. The van der Waals surface area contributed by atoms with Crippen molar-refractivity contribution >= 4 is 0 Å². The molecule has 2 aliphatic rings. The highest BCUT2D eigenvalue weighted by Crippen LogP contribution is 2.36. The van der Waals surface area contributed by atoms with Crippen LogP contribution in [0.25, 0.3) is 0 Å². The molecular formula is C11H17NO. The second-order valence-electron chi connectivity index (χ2n) is 4.08. The lowest BCUT2D eigenvalue weighted by molar-refractivity contribution is -0.172. The Morgan fingerprint density at radius 3 is 2.46 bits per heavy atom. The van der Waals surface area contributed by atoms with E-state index in [9.17, 15) is 0 Å². The highest BCUT2D eigenvalue weighted by Gasteiger charge is 2.40. The molecule has 13 heavy (non-hydrogen) atoms. The van der Waals surface area contributed by atoms with Crippen LogP contribution in [0.1, 0.15) is 25.7 Å². The van der Waals surface area contributed by atoms with E-state index in [1.165, 1.54) is 32.4 Å². The SMILES string of the molecule is C#CCCN1CCC2(CCO2)CC1. The van der Waals surface area contributed by atoms with E-state index in [4.69, 9.17) is 11.2 Å². The van der Waals surface area contributed by atoms with Gasteiger partial charge in [0.05, 0.1) is 12.2 Å². The van der Waals surface area contributed by atoms with Crippen LogP contribution >= 0.6 is 0 Å². The van der Waals surface area contributed by atoms with Crippen LogP contribution in [0.2, 0.25) is 0 Å². The second-order valence-corrected chi connectivity index (χ2v) is 4.08. The number of hydrogen-bond donors (Lipinski definition) is 0. The molecule has 2 aliphatic heterocycles. The van der Waals surface area contributed by atoms with Crippen LogP contribution in [0.15, 0.2) is 0 Å². The van der Waals surface area contributed by atoms with E-state index >= 15 is 0 Å². The van der Waals surface area contributed by atoms with Crippen molar-refractivity contribution in [2.45, 2.75) is 31.3 Å². The zero-order chi connectivity index (χ0) is 9.15. The number of hydrogen-bond acceptors (Lipinski definition) is 2. The Labute approximate surface area is 80.2 Å². The largest absolute Gasteiger partial charge is 0.375 e. The molecule has 0 N–H and O–H groups in total. The van der Waals surface area contributed by atoms with Crippen molar-refractivity contribution in [3.63, 3.8) is 0 Å². The summed E-state index contributed by atoms with van der Waals surface area (Å²) >= 11 is 0. The topological polar surface area (TPSA) is 12.5 Å². The third kappa shape index (κ3) is 1.87. The number of likely N-dealkylation sites (tertiary alicyclic amines) is 1. The monoisotopic (exact) mass is 179 g/mol. The molecule has 72 valence electrons. The van der Waals surface area contributed by atoms with Gasteiger partial charge in [-0.05, 0) is 19.3 Å². The Kier molecular flexibility index (Phi) is 2.57. The summed E-state index contributed by atoms with van der Waals surface area (Å²) in [7, 11) is 0. The van der Waals surface area contributed by atoms with Gasteiger partial charge in [-0.15, -0.1) is 12.3 Å². The lowest BCUT2D eigenvalue weighted by Crippen LogP contribution is -2.52. The second kappa shape index (κ2) is 3.69. The zero-order valence-corrected chi connectivity index (χ0v) is 8.09. The fraction of sp³-hybridized carbons (Fsp3) is 0.818. The standard InChI is InChI=1S/C11H17NO/c1-2-3-7-12-8-4-11(5-9-12)6-10-13-11/h1H,3-10H2. The molecule has 0 saturated carbocycles. The van der Waals surface area contributed by atoms with E-state index in [0.29, 0.717) is 0 Å². The van der Waals surface area contributed by atoms with Crippen molar-refractivity contribution in [1.29, 1.82) is 0 Å². The average molecular weight is 179 g/mol. The van der Waals surface area contributed by atoms with Crippen molar-refractivity contribution < 1.29 is 4.74 Å². The van der Waals surface area contributed by atoms with E-state index in [1.807, 2.05) is 0 Å². The van der Waals surface area contributed by atoms with Gasteiger partial charge in [0.1, 0.15) is 0 Å². The van der Waals surface area contributed by atoms with E-state index in [1.54, 1.807) is 0 Å². The Hall–Kier alpha value is -0.520. The molecule has 0 amide bonds. The molecule has 0 aromatic heterocycles. The molecule has 0 aliphatic carbocycles. The Morgan fingerprint density at radius 1 is 1.31 bits per heavy atom. The van der Waals surface area contributed by atoms with Crippen LogP contribution < -0.4 is 0 Å². The molecular weight excluding hydrogens is 162 g/mol. The van der Waals surface area contributed by atoms with E-state index in [2.05, 4.69) is 10.8 Å². The maximum absolute atomic E-state index is 5.64. The fourth-order valence-electron chi connectivity index (χ4n) is 2.19. The first kappa shape index (κ1) is 9.05. The maximum Gasteiger partial charge on any atom is 0.0728 e. The summed E-state index contributed by atoms with van der Waals surface area (Å²) < 4.78 is 5.64. The molecule has 2 rings (SSSR count). The quantitative estimate of drug-likeness (QED) is 0.592. The molecule has 0 aromatic carbocycles. The van der Waals surface area contributed by atoms with Crippen molar-refractivity contribution in [3.8, 4) is 12.3 Å². The molecule has 2 saturated heterocycles. The molecule has 0 radical (unpaired) electrons. The molecule has 0 bridgehead atoms. The Morgan fingerprint density at radius 2 is 2.00 bits per heavy atom. The third-order valence-corrected chi connectivity index (χ3v) is 3.31. The van der Waals surface area contributed by atoms with Gasteiger partial charge in [-0.2, -0.15) is 0 Å². The number of ether oxygens (including phenoxy) is 1. The van der Waals surface area contributed by atoms with Crippen molar-refractivity contribution in [1.82, 2.24) is 4.90 Å². The summed E-state index contributed by atoms with van der Waals surface area (Å²) in [6, 6.07) is 0. The van der Waals surface area contributed by atoms with Gasteiger partial charge < -0.3 is 9.64 Å². The van der Waals surface area contributed by atoms with Gasteiger partial charge in [-0.1, -0.05) is 0 Å². The first-order valence-electron chi connectivity index (χ1n) is 5.14. The van der Waals surface area contributed by atoms with Gasteiger partial charge in [-0.3, -0.25) is 0 Å². The summed E-state index contributed by atoms with van der Waals surface area (Å²) in [4.78, 5) is 2.45. The minimum absolute atomic E-state index is 0.284. The maximum atomic E-state index is 5.64. The van der Waals surface area contributed by atoms with Crippen LogP contribution in [0.4, 0.5) is 0 Å². The first-order valence-corrected chi connectivity index (χ1v) is 5.14. The number of terminal acetylenes is 1. The molecule has 2 heteroatoms. The predicted molar refractivity (Wildman–Crippen MR) is 52.4 cm³/mol. The molecule has 2 heterocycles. The number of piperidine rings is 1. The minimum atomic E-state index is 0.284. The van der Waals surface area contributed by atoms with Gasteiger partial charge >= 0.3 is 0 Å². The van der Waals surface area contributed by atoms with Gasteiger partial charge in [-0.25, -0.2) is 0 Å². The normalized spacial score (nSPS) is 26.7. The van der Waals surface area contributed by atoms with Crippen molar-refractivity contribution in [2.75, 3.05) is 26.2 Å². The number of nitrogens with zero attached hydrogens (tertiary/aromatic N) is 1. The predicted octanol–water partition coefficient (Wildman–Crippen LogP) is 1.26. The highest BCUT2D eigenvalue weighted by molar-refractivity contribution is 4.93. The molecule has 2 fully saturated rings. The van der Waals surface area contributed by atoms with Gasteiger partial charge in [0.25, 0.3) is 0 Å². The smallest absolute Gasteiger partial charge is 0.0728 e. The first-order chi connectivity index (χ1) is 6.35. The molecule has 0 aromatic rings. The van der Waals surface area contributed by atoms with Gasteiger partial charge in [0, 0.05) is 26.1 Å². The van der Waals surface area contributed by atoms with Crippen LogP contribution in [0.5, 0.6) is 0 Å². The van der Waals surface area contributed by atoms with E-state index < -0.39 is 0 Å². The van der Waals surface area contributed by atoms with Crippen LogP contribution in [0, 0.1) is 12.3 Å². The van der Waals surface area contributed by atoms with Crippen LogP contribution in [-0.2, 0) is 4.74 Å². The summed E-state index contributed by atoms with van der Waals surface area (Å²) in [5, 5.41) is 0. The highest BCUT2D eigenvalue weighted by atomic mass is 16.5. The lowest BCUT2D eigenvalue weighted by Gasteiger charge is -2.47. The summed E-state index contributed by atoms with van der Waals surface area (Å²) in [6.45, 7) is 4.38. The average Bonchev–Trinajstić information content (AvgIpc) is 2.13. The van der Waals surface area contributed by atoms with Crippen molar-refractivity contribution in [2.24, 2.45) is 0 Å². The lowest BCUT2D eigenvalue weighted by atomic mass is 9.84. The Balaban J connectivity index is 1.73. The summed E-state index contributed by atoms with van der Waals surface area (Å²) in [6.07, 6.45) is 9.80.